The van der Waals surface area contributed by atoms with Crippen LogP contribution in [0.4, 0.5) is 11.8 Å². The van der Waals surface area contributed by atoms with E-state index in [0.717, 1.165) is 5.56 Å². The molecule has 0 radical (unpaired) electrons. The number of aromatic nitrogens is 2. The zero-order chi connectivity index (χ0) is 18.2. The molecule has 0 bridgehead atoms. The van der Waals surface area contributed by atoms with E-state index in [1.807, 2.05) is 37.3 Å². The molecule has 0 aliphatic carbocycles. The lowest BCUT2D eigenvalue weighted by Gasteiger charge is -2.20. The number of halogens is 1. The monoisotopic (exact) mass is 360 g/mol. The molecule has 0 amide bonds. The zero-order valence-electron chi connectivity index (χ0n) is 13.9. The van der Waals surface area contributed by atoms with Gasteiger partial charge in [0.2, 0.25) is 5.95 Å². The highest BCUT2D eigenvalue weighted by Crippen LogP contribution is 2.21. The quantitative estimate of drug-likeness (QED) is 0.463. The molecule has 2 atom stereocenters. The van der Waals surface area contributed by atoms with Crippen LogP contribution < -0.4 is 11.1 Å². The molecule has 1 aromatic carbocycles. The molecule has 2 rings (SSSR count). The lowest BCUT2D eigenvalue weighted by Crippen LogP contribution is -2.30. The number of hydrogen-bond donors (Lipinski definition) is 4. The Morgan fingerprint density at radius 1 is 1.24 bits per heavy atom. The van der Waals surface area contributed by atoms with Crippen LogP contribution in [0.5, 0.6) is 0 Å². The van der Waals surface area contributed by atoms with Crippen molar-refractivity contribution in [3.8, 4) is 11.8 Å². The van der Waals surface area contributed by atoms with Gasteiger partial charge in [-0.1, -0.05) is 48.6 Å². The first-order valence-corrected chi connectivity index (χ1v) is 8.35. The highest BCUT2D eigenvalue weighted by molar-refractivity contribution is 6.31. The third kappa shape index (κ3) is 5.33. The van der Waals surface area contributed by atoms with Crippen molar-refractivity contribution in [3.63, 3.8) is 0 Å². The topological polar surface area (TPSA) is 104 Å². The van der Waals surface area contributed by atoms with Crippen LogP contribution in [-0.2, 0) is 0 Å². The number of rotatable bonds is 6. The summed E-state index contributed by atoms with van der Waals surface area (Å²) in [6, 6.07) is 9.44. The number of nitrogens with zero attached hydrogens (tertiary/aromatic N) is 2. The van der Waals surface area contributed by atoms with Gasteiger partial charge < -0.3 is 21.3 Å². The zero-order valence-corrected chi connectivity index (χ0v) is 14.7. The fourth-order valence-electron chi connectivity index (χ4n) is 2.24. The summed E-state index contributed by atoms with van der Waals surface area (Å²) < 4.78 is 0. The first-order valence-electron chi connectivity index (χ1n) is 7.98. The van der Waals surface area contributed by atoms with Gasteiger partial charge in [0.25, 0.3) is 0 Å². The van der Waals surface area contributed by atoms with Crippen molar-refractivity contribution in [1.29, 1.82) is 0 Å². The maximum Gasteiger partial charge on any atom is 0.223 e. The number of benzene rings is 1. The number of nitrogens with one attached hydrogen (secondary N) is 1. The molecule has 6 nitrogen and oxygen atoms in total. The summed E-state index contributed by atoms with van der Waals surface area (Å²) in [6.45, 7) is 2.00. The molecule has 0 spiro atoms. The Kier molecular flexibility index (Phi) is 7.02. The Labute approximate surface area is 152 Å². The maximum absolute atomic E-state index is 10.1. The van der Waals surface area contributed by atoms with Crippen molar-refractivity contribution in [1.82, 2.24) is 9.97 Å². The standard InChI is InChI=1S/C18H21ClN4O2/c1-2-13(11-24)15(25)10-21-17-14(16(19)22-18(20)23-17)9-8-12-6-4-3-5-7-12/h3-7,13,15,24-25H,2,10-11H2,1H3,(H3,20,21,22,23). The minimum Gasteiger partial charge on any atom is -0.396 e. The van der Waals surface area contributed by atoms with Gasteiger partial charge in [0.05, 0.1) is 6.10 Å². The van der Waals surface area contributed by atoms with Gasteiger partial charge in [-0.2, -0.15) is 9.97 Å². The molecule has 5 N–H and O–H groups in total. The Bertz CT molecular complexity index is 755. The fourth-order valence-corrected chi connectivity index (χ4v) is 2.46. The van der Waals surface area contributed by atoms with Gasteiger partial charge in [-0.3, -0.25) is 0 Å². The molecule has 132 valence electrons. The Balaban J connectivity index is 2.24. The molecule has 0 aliphatic heterocycles. The van der Waals surface area contributed by atoms with E-state index in [4.69, 9.17) is 17.3 Å². The van der Waals surface area contributed by atoms with Crippen molar-refractivity contribution in [3.05, 3.63) is 46.6 Å². The summed E-state index contributed by atoms with van der Waals surface area (Å²) in [5, 5.41) is 22.6. The van der Waals surface area contributed by atoms with Gasteiger partial charge in [-0.15, -0.1) is 0 Å². The first kappa shape index (κ1) is 19.0. The van der Waals surface area contributed by atoms with E-state index >= 15 is 0 Å². The summed E-state index contributed by atoms with van der Waals surface area (Å²) in [5.41, 5.74) is 6.89. The van der Waals surface area contributed by atoms with Crippen LogP contribution in [0.15, 0.2) is 30.3 Å². The molecular weight excluding hydrogens is 340 g/mol. The average Bonchev–Trinajstić information content (AvgIpc) is 2.61. The number of aliphatic hydroxyl groups is 2. The van der Waals surface area contributed by atoms with E-state index in [1.165, 1.54) is 0 Å². The predicted octanol–water partition coefficient (Wildman–Crippen LogP) is 1.90. The first-order chi connectivity index (χ1) is 12.0. The molecule has 0 saturated heterocycles. The number of aliphatic hydroxyl groups excluding tert-OH is 2. The van der Waals surface area contributed by atoms with Gasteiger partial charge in [0.15, 0.2) is 5.15 Å². The van der Waals surface area contributed by atoms with E-state index < -0.39 is 6.10 Å². The Morgan fingerprint density at radius 2 is 1.96 bits per heavy atom. The molecule has 25 heavy (non-hydrogen) atoms. The van der Waals surface area contributed by atoms with Crippen molar-refractivity contribution >= 4 is 23.4 Å². The second-order valence-corrected chi connectivity index (χ2v) is 5.87. The average molecular weight is 361 g/mol. The molecule has 1 aromatic heterocycles. The molecule has 0 fully saturated rings. The molecule has 2 aromatic rings. The van der Waals surface area contributed by atoms with Gasteiger partial charge in [0, 0.05) is 24.6 Å². The van der Waals surface area contributed by atoms with Crippen molar-refractivity contribution < 1.29 is 10.2 Å². The van der Waals surface area contributed by atoms with E-state index in [-0.39, 0.29) is 30.2 Å². The smallest absolute Gasteiger partial charge is 0.223 e. The van der Waals surface area contributed by atoms with Crippen LogP contribution in [0.1, 0.15) is 24.5 Å². The SMILES string of the molecule is CCC(CO)C(O)CNc1nc(N)nc(Cl)c1C#Cc1ccccc1. The van der Waals surface area contributed by atoms with Crippen LogP contribution in [-0.4, -0.2) is 39.4 Å². The number of anilines is 2. The Morgan fingerprint density at radius 3 is 2.60 bits per heavy atom. The van der Waals surface area contributed by atoms with E-state index in [9.17, 15) is 10.2 Å². The van der Waals surface area contributed by atoms with Crippen LogP contribution in [0.2, 0.25) is 5.15 Å². The number of nitrogens with two attached hydrogens (primary N) is 1. The van der Waals surface area contributed by atoms with Crippen LogP contribution in [0.25, 0.3) is 0 Å². The number of nitrogen functional groups attached to an aromatic ring is 1. The molecular formula is C18H21ClN4O2. The normalized spacial score (nSPS) is 12.8. The predicted molar refractivity (Wildman–Crippen MR) is 99.2 cm³/mol. The summed E-state index contributed by atoms with van der Waals surface area (Å²) in [4.78, 5) is 8.05. The second-order valence-electron chi connectivity index (χ2n) is 5.51. The molecule has 1 heterocycles. The summed E-state index contributed by atoms with van der Waals surface area (Å²) >= 11 is 6.16. The molecule has 0 saturated carbocycles. The fraction of sp³-hybridized carbons (Fsp3) is 0.333. The van der Waals surface area contributed by atoms with E-state index in [0.29, 0.717) is 17.8 Å². The van der Waals surface area contributed by atoms with Crippen molar-refractivity contribution in [2.45, 2.75) is 19.4 Å². The summed E-state index contributed by atoms with van der Waals surface area (Å²) in [5.74, 6) is 6.09. The second kappa shape index (κ2) is 9.23. The number of hydrogen-bond acceptors (Lipinski definition) is 6. The van der Waals surface area contributed by atoms with E-state index in [2.05, 4.69) is 27.1 Å². The van der Waals surface area contributed by atoms with Crippen molar-refractivity contribution in [2.75, 3.05) is 24.2 Å². The van der Waals surface area contributed by atoms with Crippen molar-refractivity contribution in [2.24, 2.45) is 5.92 Å². The van der Waals surface area contributed by atoms with Gasteiger partial charge >= 0.3 is 0 Å². The molecule has 0 aliphatic rings. The highest BCUT2D eigenvalue weighted by atomic mass is 35.5. The molecule has 7 heteroatoms. The van der Waals surface area contributed by atoms with Crippen LogP contribution >= 0.6 is 11.6 Å². The van der Waals surface area contributed by atoms with Gasteiger partial charge in [0.1, 0.15) is 11.4 Å². The Hall–Kier alpha value is -2.33. The minimum atomic E-state index is -0.736. The lowest BCUT2D eigenvalue weighted by atomic mass is 10.0. The van der Waals surface area contributed by atoms with Gasteiger partial charge in [-0.25, -0.2) is 0 Å². The largest absolute Gasteiger partial charge is 0.396 e. The van der Waals surface area contributed by atoms with Crippen LogP contribution in [0, 0.1) is 17.8 Å². The minimum absolute atomic E-state index is 0.0152. The summed E-state index contributed by atoms with van der Waals surface area (Å²) in [6.07, 6.45) is -0.0768. The third-order valence-electron chi connectivity index (χ3n) is 3.77. The highest BCUT2D eigenvalue weighted by Gasteiger charge is 2.18. The maximum atomic E-state index is 10.1. The summed E-state index contributed by atoms with van der Waals surface area (Å²) in [7, 11) is 0. The van der Waals surface area contributed by atoms with Crippen LogP contribution in [0.3, 0.4) is 0 Å². The lowest BCUT2D eigenvalue weighted by molar-refractivity contribution is 0.0742. The van der Waals surface area contributed by atoms with Gasteiger partial charge in [-0.05, 0) is 18.6 Å². The molecule has 2 unspecified atom stereocenters. The third-order valence-corrected chi connectivity index (χ3v) is 4.04. The van der Waals surface area contributed by atoms with E-state index in [1.54, 1.807) is 0 Å².